The van der Waals surface area contributed by atoms with E-state index in [1.807, 2.05) is 0 Å². The lowest BCUT2D eigenvalue weighted by atomic mass is 10.1. The molecule has 0 atom stereocenters. The first kappa shape index (κ1) is 13.7. The highest BCUT2D eigenvalue weighted by Gasteiger charge is 2.32. The molecule has 0 bridgehead atoms. The SMILES string of the molecule is O=S(=O)(O)c1ccc(F)c2ncc(C(F)(F)F)cc12. The fourth-order valence-electron chi connectivity index (χ4n) is 1.54. The maximum absolute atomic E-state index is 13.4. The molecule has 0 fully saturated rings. The zero-order chi connectivity index (χ0) is 14.4. The van der Waals surface area contributed by atoms with Crippen molar-refractivity contribution in [3.63, 3.8) is 0 Å². The van der Waals surface area contributed by atoms with Gasteiger partial charge in [-0.25, -0.2) is 4.39 Å². The Balaban J connectivity index is 2.90. The number of halogens is 4. The second-order valence-corrected chi connectivity index (χ2v) is 5.03. The van der Waals surface area contributed by atoms with Crippen molar-refractivity contribution < 1.29 is 30.5 Å². The summed E-state index contributed by atoms with van der Waals surface area (Å²) in [4.78, 5) is 2.42. The fraction of sp³-hybridized carbons (Fsp3) is 0.100. The summed E-state index contributed by atoms with van der Waals surface area (Å²) >= 11 is 0. The normalized spacial score (nSPS) is 12.9. The topological polar surface area (TPSA) is 67.3 Å². The number of alkyl halides is 3. The molecule has 4 nitrogen and oxygen atoms in total. The summed E-state index contributed by atoms with van der Waals surface area (Å²) in [6.07, 6.45) is -4.37. The largest absolute Gasteiger partial charge is 0.417 e. The van der Waals surface area contributed by atoms with Crippen molar-refractivity contribution in [2.45, 2.75) is 11.1 Å². The molecule has 0 aliphatic heterocycles. The van der Waals surface area contributed by atoms with Crippen molar-refractivity contribution in [3.8, 4) is 0 Å². The minimum absolute atomic E-state index is 0.388. The van der Waals surface area contributed by atoms with Gasteiger partial charge in [0.05, 0.1) is 5.56 Å². The molecule has 0 unspecified atom stereocenters. The highest BCUT2D eigenvalue weighted by Crippen LogP contribution is 2.32. The van der Waals surface area contributed by atoms with Crippen LogP contribution in [0.5, 0.6) is 0 Å². The van der Waals surface area contributed by atoms with E-state index in [1.54, 1.807) is 0 Å². The fourth-order valence-corrected chi connectivity index (χ4v) is 2.21. The first-order chi connectivity index (χ1) is 8.60. The van der Waals surface area contributed by atoms with Crippen LogP contribution in [0.1, 0.15) is 5.56 Å². The molecule has 0 radical (unpaired) electrons. The number of fused-ring (bicyclic) bond motifs is 1. The Morgan fingerprint density at radius 1 is 1.21 bits per heavy atom. The van der Waals surface area contributed by atoms with Gasteiger partial charge >= 0.3 is 6.18 Å². The van der Waals surface area contributed by atoms with E-state index in [9.17, 15) is 26.0 Å². The molecular formula is C10H5F4NO3S. The van der Waals surface area contributed by atoms with E-state index >= 15 is 0 Å². The van der Waals surface area contributed by atoms with Gasteiger partial charge in [-0.2, -0.15) is 21.6 Å². The summed E-state index contributed by atoms with van der Waals surface area (Å²) in [5, 5.41) is -0.627. The number of benzene rings is 1. The number of rotatable bonds is 1. The summed E-state index contributed by atoms with van der Waals surface area (Å²) in [6.45, 7) is 0. The van der Waals surface area contributed by atoms with Gasteiger partial charge in [-0.3, -0.25) is 9.54 Å². The van der Waals surface area contributed by atoms with Crippen LogP contribution in [0.4, 0.5) is 17.6 Å². The number of hydrogen-bond donors (Lipinski definition) is 1. The van der Waals surface area contributed by atoms with Gasteiger partial charge in [0, 0.05) is 11.6 Å². The zero-order valence-electron chi connectivity index (χ0n) is 8.94. The van der Waals surface area contributed by atoms with Crippen molar-refractivity contribution in [2.75, 3.05) is 0 Å². The summed E-state index contributed by atoms with van der Waals surface area (Å²) < 4.78 is 81.9. The van der Waals surface area contributed by atoms with Gasteiger partial charge in [0.25, 0.3) is 10.1 Å². The quantitative estimate of drug-likeness (QED) is 0.648. The molecule has 1 aromatic carbocycles. The monoisotopic (exact) mass is 295 g/mol. The molecule has 2 aromatic rings. The molecule has 2 rings (SSSR count). The van der Waals surface area contributed by atoms with Crippen LogP contribution in [0.25, 0.3) is 10.9 Å². The second-order valence-electron chi connectivity index (χ2n) is 3.64. The lowest BCUT2D eigenvalue weighted by Gasteiger charge is -2.09. The van der Waals surface area contributed by atoms with Gasteiger partial charge in [0.1, 0.15) is 16.2 Å². The number of aromatic nitrogens is 1. The Labute approximate surface area is 104 Å². The summed E-state index contributed by atoms with van der Waals surface area (Å²) in [5.74, 6) is -0.990. The van der Waals surface area contributed by atoms with E-state index < -0.39 is 43.5 Å². The third-order valence-corrected chi connectivity index (χ3v) is 3.28. The highest BCUT2D eigenvalue weighted by atomic mass is 32.2. The third kappa shape index (κ3) is 2.51. The summed E-state index contributed by atoms with van der Waals surface area (Å²) in [6, 6.07) is 1.80. The van der Waals surface area contributed by atoms with Crippen LogP contribution < -0.4 is 0 Å². The van der Waals surface area contributed by atoms with Crippen LogP contribution in [0.3, 0.4) is 0 Å². The Kier molecular flexibility index (Phi) is 2.98. The summed E-state index contributed by atoms with van der Waals surface area (Å²) in [7, 11) is -4.78. The Hall–Kier alpha value is -1.74. The first-order valence-electron chi connectivity index (χ1n) is 4.73. The van der Waals surface area contributed by atoms with E-state index in [1.165, 1.54) is 0 Å². The van der Waals surface area contributed by atoms with Crippen molar-refractivity contribution in [2.24, 2.45) is 0 Å². The maximum atomic E-state index is 13.4. The van der Waals surface area contributed by atoms with Crippen molar-refractivity contribution in [1.29, 1.82) is 0 Å². The van der Waals surface area contributed by atoms with E-state index in [0.29, 0.717) is 24.4 Å². The van der Waals surface area contributed by atoms with Crippen LogP contribution in [-0.4, -0.2) is 18.0 Å². The second kappa shape index (κ2) is 4.14. The van der Waals surface area contributed by atoms with E-state index in [-0.39, 0.29) is 0 Å². The number of hydrogen-bond acceptors (Lipinski definition) is 3. The maximum Gasteiger partial charge on any atom is 0.417 e. The van der Waals surface area contributed by atoms with Crippen LogP contribution >= 0.6 is 0 Å². The predicted octanol–water partition coefficient (Wildman–Crippen LogP) is 2.64. The average Bonchev–Trinajstić information content (AvgIpc) is 2.26. The molecular weight excluding hydrogens is 290 g/mol. The molecule has 0 spiro atoms. The minimum Gasteiger partial charge on any atom is -0.282 e. The molecule has 0 aliphatic rings. The third-order valence-electron chi connectivity index (χ3n) is 2.37. The first-order valence-corrected chi connectivity index (χ1v) is 6.17. The molecule has 0 aliphatic carbocycles. The molecule has 0 amide bonds. The van der Waals surface area contributed by atoms with Crippen LogP contribution in [0.2, 0.25) is 0 Å². The van der Waals surface area contributed by atoms with Crippen LogP contribution in [-0.2, 0) is 16.3 Å². The predicted molar refractivity (Wildman–Crippen MR) is 56.5 cm³/mol. The molecule has 1 aromatic heterocycles. The number of pyridine rings is 1. The van der Waals surface area contributed by atoms with Crippen LogP contribution in [0.15, 0.2) is 29.3 Å². The van der Waals surface area contributed by atoms with Gasteiger partial charge in [-0.1, -0.05) is 0 Å². The van der Waals surface area contributed by atoms with Crippen molar-refractivity contribution in [3.05, 3.63) is 35.8 Å². The standard InChI is InChI=1S/C10H5F4NO3S/c11-7-1-2-8(19(16,17)18)6-3-5(10(12,13)14)4-15-9(6)7/h1-4H,(H,16,17,18). The van der Waals surface area contributed by atoms with Gasteiger partial charge in [0.15, 0.2) is 0 Å². The smallest absolute Gasteiger partial charge is 0.282 e. The van der Waals surface area contributed by atoms with Gasteiger partial charge in [0.2, 0.25) is 0 Å². The Morgan fingerprint density at radius 3 is 2.37 bits per heavy atom. The zero-order valence-corrected chi connectivity index (χ0v) is 9.76. The average molecular weight is 295 g/mol. The molecule has 1 heterocycles. The molecule has 102 valence electrons. The minimum atomic E-state index is -4.78. The Bertz CT molecular complexity index is 755. The summed E-state index contributed by atoms with van der Waals surface area (Å²) in [5.41, 5.74) is -1.81. The van der Waals surface area contributed by atoms with Crippen molar-refractivity contribution >= 4 is 21.0 Å². The highest BCUT2D eigenvalue weighted by molar-refractivity contribution is 7.86. The molecule has 9 heteroatoms. The van der Waals surface area contributed by atoms with Crippen LogP contribution in [0, 0.1) is 5.82 Å². The van der Waals surface area contributed by atoms with E-state index in [0.717, 1.165) is 0 Å². The van der Waals surface area contributed by atoms with E-state index in [4.69, 9.17) is 4.55 Å². The Morgan fingerprint density at radius 2 is 1.84 bits per heavy atom. The number of nitrogens with zero attached hydrogens (tertiary/aromatic N) is 1. The lowest BCUT2D eigenvalue weighted by Crippen LogP contribution is -2.07. The van der Waals surface area contributed by atoms with Gasteiger partial charge in [-0.15, -0.1) is 0 Å². The molecule has 0 saturated heterocycles. The molecule has 0 saturated carbocycles. The van der Waals surface area contributed by atoms with Gasteiger partial charge in [-0.05, 0) is 18.2 Å². The van der Waals surface area contributed by atoms with Gasteiger partial charge < -0.3 is 0 Å². The molecule has 1 N–H and O–H groups in total. The lowest BCUT2D eigenvalue weighted by molar-refractivity contribution is -0.137. The van der Waals surface area contributed by atoms with E-state index in [2.05, 4.69) is 4.98 Å². The van der Waals surface area contributed by atoms with Crippen molar-refractivity contribution in [1.82, 2.24) is 4.98 Å². The molecule has 19 heavy (non-hydrogen) atoms.